The van der Waals surface area contributed by atoms with Gasteiger partial charge in [-0.3, -0.25) is 4.79 Å². The number of anilines is 1. The van der Waals surface area contributed by atoms with Crippen LogP contribution in [0.2, 0.25) is 0 Å². The van der Waals surface area contributed by atoms with Crippen molar-refractivity contribution < 1.29 is 9.90 Å². The summed E-state index contributed by atoms with van der Waals surface area (Å²) in [6.07, 6.45) is 1.43. The van der Waals surface area contributed by atoms with E-state index in [0.29, 0.717) is 5.56 Å². The van der Waals surface area contributed by atoms with Crippen molar-refractivity contribution in [2.45, 2.75) is 6.92 Å². The van der Waals surface area contributed by atoms with E-state index in [0.717, 1.165) is 22.0 Å². The lowest BCUT2D eigenvalue weighted by Gasteiger charge is -2.08. The molecule has 0 heterocycles. The zero-order valence-corrected chi connectivity index (χ0v) is 13.9. The Morgan fingerprint density at radius 3 is 2.72 bits per heavy atom. The Balaban J connectivity index is 1.59. The monoisotopic (exact) mass is 333 g/mol. The lowest BCUT2D eigenvalue weighted by molar-refractivity contribution is -0.119. The molecular formula is C20H19N3O2. The number of aromatic hydroxyl groups is 1. The molecule has 0 aliphatic rings. The van der Waals surface area contributed by atoms with E-state index in [2.05, 4.69) is 15.8 Å². The molecule has 0 unspecified atom stereocenters. The second-order valence-electron chi connectivity index (χ2n) is 5.69. The maximum atomic E-state index is 11.9. The summed E-state index contributed by atoms with van der Waals surface area (Å²) < 4.78 is 0. The van der Waals surface area contributed by atoms with Crippen LogP contribution < -0.4 is 10.7 Å². The zero-order valence-electron chi connectivity index (χ0n) is 13.9. The summed E-state index contributed by atoms with van der Waals surface area (Å²) in [5.41, 5.74) is 4.66. The van der Waals surface area contributed by atoms with Gasteiger partial charge in [0.1, 0.15) is 5.75 Å². The number of fused-ring (bicyclic) bond motifs is 1. The number of aryl methyl sites for hydroxylation is 1. The molecule has 1 amide bonds. The molecular weight excluding hydrogens is 314 g/mol. The summed E-state index contributed by atoms with van der Waals surface area (Å²) in [6, 6.07) is 19.2. The number of hydrazone groups is 1. The molecule has 0 radical (unpaired) electrons. The van der Waals surface area contributed by atoms with Gasteiger partial charge < -0.3 is 10.4 Å². The molecule has 0 aromatic heterocycles. The second kappa shape index (κ2) is 7.49. The molecule has 3 rings (SSSR count). The van der Waals surface area contributed by atoms with Crippen LogP contribution in [0.15, 0.2) is 65.8 Å². The van der Waals surface area contributed by atoms with Crippen LogP contribution in [0.5, 0.6) is 5.75 Å². The highest BCUT2D eigenvalue weighted by molar-refractivity contribution is 5.95. The van der Waals surface area contributed by atoms with Crippen molar-refractivity contribution in [3.63, 3.8) is 0 Å². The van der Waals surface area contributed by atoms with Crippen molar-refractivity contribution in [1.82, 2.24) is 5.43 Å². The molecule has 0 aliphatic heterocycles. The van der Waals surface area contributed by atoms with Crippen molar-refractivity contribution in [2.75, 3.05) is 11.9 Å². The molecule has 3 N–H and O–H groups in total. The number of carbonyl (C=O) groups excluding carboxylic acids is 1. The van der Waals surface area contributed by atoms with Crippen molar-refractivity contribution in [1.29, 1.82) is 0 Å². The molecule has 5 nitrogen and oxygen atoms in total. The van der Waals surface area contributed by atoms with E-state index in [1.54, 1.807) is 19.1 Å². The van der Waals surface area contributed by atoms with Gasteiger partial charge in [-0.25, -0.2) is 5.43 Å². The summed E-state index contributed by atoms with van der Waals surface area (Å²) >= 11 is 0. The number of phenolic OH excluding ortho intramolecular Hbond substituents is 1. The van der Waals surface area contributed by atoms with E-state index in [-0.39, 0.29) is 18.2 Å². The highest BCUT2D eigenvalue weighted by atomic mass is 16.3. The molecule has 0 aliphatic carbocycles. The average molecular weight is 333 g/mol. The number of hydrogen-bond acceptors (Lipinski definition) is 4. The first kappa shape index (κ1) is 16.5. The number of amides is 1. The highest BCUT2D eigenvalue weighted by Gasteiger charge is 2.04. The molecule has 25 heavy (non-hydrogen) atoms. The summed E-state index contributed by atoms with van der Waals surface area (Å²) in [4.78, 5) is 11.9. The Morgan fingerprint density at radius 2 is 1.84 bits per heavy atom. The third-order valence-corrected chi connectivity index (χ3v) is 3.89. The molecule has 3 aromatic rings. The van der Waals surface area contributed by atoms with Crippen LogP contribution in [0.25, 0.3) is 10.8 Å². The van der Waals surface area contributed by atoms with E-state index in [4.69, 9.17) is 0 Å². The predicted octanol–water partition coefficient (Wildman–Crippen LogP) is 3.42. The molecule has 0 bridgehead atoms. The third-order valence-electron chi connectivity index (χ3n) is 3.89. The summed E-state index contributed by atoms with van der Waals surface area (Å²) in [6.45, 7) is 1.91. The van der Waals surface area contributed by atoms with Crippen molar-refractivity contribution in [2.24, 2.45) is 5.10 Å². The number of carbonyl (C=O) groups is 1. The first-order valence-corrected chi connectivity index (χ1v) is 7.97. The second-order valence-corrected chi connectivity index (χ2v) is 5.69. The fraction of sp³-hybridized carbons (Fsp3) is 0.100. The number of nitrogens with zero attached hydrogens (tertiary/aromatic N) is 1. The van der Waals surface area contributed by atoms with Crippen molar-refractivity contribution in [3.05, 3.63) is 71.8 Å². The van der Waals surface area contributed by atoms with Gasteiger partial charge in [0, 0.05) is 16.6 Å². The van der Waals surface area contributed by atoms with Crippen LogP contribution in [0, 0.1) is 6.92 Å². The Labute approximate surface area is 146 Å². The quantitative estimate of drug-likeness (QED) is 0.495. The topological polar surface area (TPSA) is 73.7 Å². The summed E-state index contributed by atoms with van der Waals surface area (Å²) in [5, 5.41) is 19.1. The molecule has 126 valence electrons. The van der Waals surface area contributed by atoms with Crippen LogP contribution in [0.3, 0.4) is 0 Å². The Morgan fingerprint density at radius 1 is 1.08 bits per heavy atom. The summed E-state index contributed by atoms with van der Waals surface area (Å²) in [5.74, 6) is -0.106. The maximum absolute atomic E-state index is 11.9. The molecule has 0 spiro atoms. The zero-order chi connectivity index (χ0) is 17.6. The fourth-order valence-electron chi connectivity index (χ4n) is 2.55. The van der Waals surface area contributed by atoms with Crippen molar-refractivity contribution in [3.8, 4) is 5.75 Å². The fourth-order valence-corrected chi connectivity index (χ4v) is 2.55. The predicted molar refractivity (Wildman–Crippen MR) is 101 cm³/mol. The standard InChI is InChI=1S/C20H19N3O2/c1-14-6-4-9-16(20(14)25)12-22-23-19(24)13-21-18-11-5-8-15-7-2-3-10-17(15)18/h2-12,21,25H,13H2,1H3,(H,23,24). The van der Waals surface area contributed by atoms with Gasteiger partial charge in [-0.2, -0.15) is 5.10 Å². The molecule has 0 saturated heterocycles. The lowest BCUT2D eigenvalue weighted by atomic mass is 10.1. The van der Waals surface area contributed by atoms with Gasteiger partial charge in [-0.1, -0.05) is 48.5 Å². The molecule has 0 atom stereocenters. The molecule has 0 fully saturated rings. The smallest absolute Gasteiger partial charge is 0.259 e. The van der Waals surface area contributed by atoms with Gasteiger partial charge in [0.2, 0.25) is 0 Å². The maximum Gasteiger partial charge on any atom is 0.259 e. The molecule has 5 heteroatoms. The largest absolute Gasteiger partial charge is 0.507 e. The number of phenols is 1. The Hall–Kier alpha value is -3.34. The lowest BCUT2D eigenvalue weighted by Crippen LogP contribution is -2.25. The minimum Gasteiger partial charge on any atom is -0.507 e. The van der Waals surface area contributed by atoms with Gasteiger partial charge in [-0.05, 0) is 30.0 Å². The van der Waals surface area contributed by atoms with Gasteiger partial charge in [0.05, 0.1) is 12.8 Å². The van der Waals surface area contributed by atoms with Crippen LogP contribution in [-0.4, -0.2) is 23.8 Å². The van der Waals surface area contributed by atoms with Crippen LogP contribution >= 0.6 is 0 Å². The average Bonchev–Trinajstić information content (AvgIpc) is 2.63. The van der Waals surface area contributed by atoms with Gasteiger partial charge in [0.15, 0.2) is 0 Å². The minimum atomic E-state index is -0.267. The first-order chi connectivity index (χ1) is 12.1. The van der Waals surface area contributed by atoms with E-state index < -0.39 is 0 Å². The number of nitrogens with one attached hydrogen (secondary N) is 2. The van der Waals surface area contributed by atoms with Crippen LogP contribution in [-0.2, 0) is 4.79 Å². The molecule has 0 saturated carbocycles. The van der Waals surface area contributed by atoms with Crippen molar-refractivity contribution >= 4 is 28.6 Å². The minimum absolute atomic E-state index is 0.102. The number of rotatable bonds is 5. The Bertz CT molecular complexity index is 930. The van der Waals surface area contributed by atoms with Gasteiger partial charge in [-0.15, -0.1) is 0 Å². The number of hydrogen-bond donors (Lipinski definition) is 3. The normalized spacial score (nSPS) is 10.9. The first-order valence-electron chi connectivity index (χ1n) is 7.97. The number of para-hydroxylation sites is 1. The highest BCUT2D eigenvalue weighted by Crippen LogP contribution is 2.22. The van der Waals surface area contributed by atoms with Crippen LogP contribution in [0.4, 0.5) is 5.69 Å². The summed E-state index contributed by atoms with van der Waals surface area (Å²) in [7, 11) is 0. The third kappa shape index (κ3) is 3.95. The Kier molecular flexibility index (Phi) is 4.95. The van der Waals surface area contributed by atoms with E-state index in [1.807, 2.05) is 48.5 Å². The van der Waals surface area contributed by atoms with Crippen LogP contribution in [0.1, 0.15) is 11.1 Å². The van der Waals surface area contributed by atoms with E-state index >= 15 is 0 Å². The number of benzene rings is 3. The van der Waals surface area contributed by atoms with Gasteiger partial charge in [0.25, 0.3) is 5.91 Å². The van der Waals surface area contributed by atoms with E-state index in [9.17, 15) is 9.90 Å². The van der Waals surface area contributed by atoms with E-state index in [1.165, 1.54) is 6.21 Å². The SMILES string of the molecule is Cc1cccc(C=NNC(=O)CNc2cccc3ccccc23)c1O. The molecule has 3 aromatic carbocycles. The van der Waals surface area contributed by atoms with Gasteiger partial charge >= 0.3 is 0 Å².